The van der Waals surface area contributed by atoms with Gasteiger partial charge in [-0.3, -0.25) is 14.9 Å². The van der Waals surface area contributed by atoms with Crippen LogP contribution in [-0.2, 0) is 16.1 Å². The number of furan rings is 1. The van der Waals surface area contributed by atoms with Gasteiger partial charge in [0.25, 0.3) is 11.6 Å². The number of pyridine rings is 1. The molecule has 0 aliphatic carbocycles. The number of carbonyl (C=O) groups is 1. The Morgan fingerprint density at radius 1 is 1.32 bits per heavy atom. The molecule has 0 saturated carbocycles. The molecule has 174 valence electrons. The van der Waals surface area contributed by atoms with Gasteiger partial charge >= 0.3 is 0 Å². The summed E-state index contributed by atoms with van der Waals surface area (Å²) in [4.78, 5) is 26.7. The number of amides is 1. The molecule has 0 unspecified atom stereocenters. The van der Waals surface area contributed by atoms with Gasteiger partial charge in [0, 0.05) is 36.1 Å². The number of nitriles is 1. The molecule has 2 heterocycles. The van der Waals surface area contributed by atoms with Crippen LogP contribution in [0.5, 0.6) is 5.88 Å². The number of nitrogens with zero attached hydrogens (tertiary/aromatic N) is 4. The van der Waals surface area contributed by atoms with Crippen LogP contribution in [0.4, 0.5) is 5.69 Å². The molecule has 11 nitrogen and oxygen atoms in total. The number of carbonyl (C=O) groups excluding carboxylic acids is 1. The molecule has 0 radical (unpaired) electrons. The lowest BCUT2D eigenvalue weighted by Gasteiger charge is -2.10. The maximum atomic E-state index is 12.1. The zero-order chi connectivity index (χ0) is 24.7. The summed E-state index contributed by atoms with van der Waals surface area (Å²) in [5, 5.41) is 24.1. The lowest BCUT2D eigenvalue weighted by molar-refractivity contribution is -0.384. The van der Waals surface area contributed by atoms with Gasteiger partial charge in [-0.15, -0.1) is 0 Å². The molecule has 0 aliphatic rings. The van der Waals surface area contributed by atoms with Gasteiger partial charge in [0.15, 0.2) is 6.61 Å². The van der Waals surface area contributed by atoms with E-state index in [1.54, 1.807) is 38.1 Å². The molecule has 1 amide bonds. The predicted octanol–water partition coefficient (Wildman–Crippen LogP) is 3.41. The SMILES string of the molecule is COCc1cc(C)nc(OCC(=O)N/N=C/c2ccc(-c3ccc([N+](=O)[O-])cc3C)o2)c1C#N. The number of methoxy groups -OCH3 is 1. The zero-order valence-electron chi connectivity index (χ0n) is 18.7. The number of nitrogens with one attached hydrogen (secondary N) is 1. The molecule has 0 spiro atoms. The fourth-order valence-electron chi connectivity index (χ4n) is 3.14. The fourth-order valence-corrected chi connectivity index (χ4v) is 3.14. The van der Waals surface area contributed by atoms with Gasteiger partial charge in [-0.1, -0.05) is 0 Å². The molecule has 11 heteroatoms. The van der Waals surface area contributed by atoms with Crippen LogP contribution in [0.1, 0.15) is 28.1 Å². The molecule has 0 fully saturated rings. The molecule has 0 atom stereocenters. The zero-order valence-corrected chi connectivity index (χ0v) is 18.7. The van der Waals surface area contributed by atoms with Crippen molar-refractivity contribution in [3.05, 3.63) is 74.7 Å². The van der Waals surface area contributed by atoms with Crippen LogP contribution in [0.3, 0.4) is 0 Å². The van der Waals surface area contributed by atoms with Gasteiger partial charge in [-0.05, 0) is 43.7 Å². The maximum absolute atomic E-state index is 12.1. The van der Waals surface area contributed by atoms with E-state index in [0.717, 1.165) is 0 Å². The maximum Gasteiger partial charge on any atom is 0.278 e. The smallest absolute Gasteiger partial charge is 0.278 e. The standard InChI is InChI=1S/C23H21N5O6/c1-14-8-17(28(30)31)4-6-19(14)21-7-5-18(34-21)11-25-27-22(29)13-33-23-20(10-24)16(12-32-3)9-15(2)26-23/h4-9,11H,12-13H2,1-3H3,(H,27,29)/b25-11+. The molecular formula is C23H21N5O6. The van der Waals surface area contributed by atoms with E-state index in [1.165, 1.54) is 25.5 Å². The first-order valence-corrected chi connectivity index (χ1v) is 10.0. The fraction of sp³-hybridized carbons (Fsp3) is 0.217. The molecule has 2 aromatic heterocycles. The highest BCUT2D eigenvalue weighted by atomic mass is 16.6. The van der Waals surface area contributed by atoms with Crippen molar-refractivity contribution in [3.63, 3.8) is 0 Å². The van der Waals surface area contributed by atoms with Crippen LogP contribution in [0.25, 0.3) is 11.3 Å². The van der Waals surface area contributed by atoms with E-state index < -0.39 is 17.4 Å². The van der Waals surface area contributed by atoms with Crippen molar-refractivity contribution in [3.8, 4) is 23.3 Å². The molecule has 3 rings (SSSR count). The van der Waals surface area contributed by atoms with Crippen LogP contribution in [0.15, 0.2) is 45.9 Å². The second kappa shape index (κ2) is 10.8. The normalized spacial score (nSPS) is 10.8. The van der Waals surface area contributed by atoms with Crippen LogP contribution in [0.2, 0.25) is 0 Å². The number of aryl methyl sites for hydroxylation is 2. The molecule has 1 aromatic carbocycles. The second-order valence-electron chi connectivity index (χ2n) is 7.19. The van der Waals surface area contributed by atoms with Crippen molar-refractivity contribution in [1.82, 2.24) is 10.4 Å². The van der Waals surface area contributed by atoms with Crippen LogP contribution >= 0.6 is 0 Å². The van der Waals surface area contributed by atoms with Crippen LogP contribution in [0, 0.1) is 35.3 Å². The number of nitro groups is 1. The average molecular weight is 463 g/mol. The van der Waals surface area contributed by atoms with E-state index >= 15 is 0 Å². The summed E-state index contributed by atoms with van der Waals surface area (Å²) in [5.41, 5.74) is 5.13. The Bertz CT molecular complexity index is 1290. The highest BCUT2D eigenvalue weighted by Gasteiger charge is 2.15. The van der Waals surface area contributed by atoms with Gasteiger partial charge in [0.1, 0.15) is 23.2 Å². The number of hydrogen-bond acceptors (Lipinski definition) is 9. The molecule has 3 aromatic rings. The third-order valence-electron chi connectivity index (χ3n) is 4.64. The Morgan fingerprint density at radius 3 is 2.79 bits per heavy atom. The largest absolute Gasteiger partial charge is 0.467 e. The van der Waals surface area contributed by atoms with Crippen molar-refractivity contribution in [2.75, 3.05) is 13.7 Å². The van der Waals surface area contributed by atoms with Gasteiger partial charge < -0.3 is 13.9 Å². The quantitative estimate of drug-likeness (QED) is 0.288. The second-order valence-corrected chi connectivity index (χ2v) is 7.19. The van der Waals surface area contributed by atoms with E-state index in [9.17, 15) is 20.2 Å². The molecule has 1 N–H and O–H groups in total. The minimum absolute atomic E-state index is 0.00259. The summed E-state index contributed by atoms with van der Waals surface area (Å²) in [6.45, 7) is 3.30. The van der Waals surface area contributed by atoms with Gasteiger partial charge in [-0.25, -0.2) is 10.4 Å². The van der Waals surface area contributed by atoms with E-state index in [2.05, 4.69) is 15.5 Å². The molecule has 34 heavy (non-hydrogen) atoms. The molecule has 0 aliphatic heterocycles. The van der Waals surface area contributed by atoms with E-state index in [-0.39, 0.29) is 23.7 Å². The lowest BCUT2D eigenvalue weighted by Crippen LogP contribution is -2.25. The topological polar surface area (TPSA) is 153 Å². The predicted molar refractivity (Wildman–Crippen MR) is 121 cm³/mol. The van der Waals surface area contributed by atoms with E-state index in [1.807, 2.05) is 6.07 Å². The number of non-ortho nitro benzene ring substituents is 1. The Kier molecular flexibility index (Phi) is 7.68. The molecular weight excluding hydrogens is 442 g/mol. The van der Waals surface area contributed by atoms with Gasteiger partial charge in [0.05, 0.1) is 17.7 Å². The van der Waals surface area contributed by atoms with Gasteiger partial charge in [0.2, 0.25) is 5.88 Å². The van der Waals surface area contributed by atoms with Crippen molar-refractivity contribution in [2.45, 2.75) is 20.5 Å². The van der Waals surface area contributed by atoms with Crippen LogP contribution in [-0.4, -0.2) is 35.7 Å². The highest BCUT2D eigenvalue weighted by Crippen LogP contribution is 2.28. The molecule has 0 saturated heterocycles. The van der Waals surface area contributed by atoms with Crippen LogP contribution < -0.4 is 10.2 Å². The monoisotopic (exact) mass is 463 g/mol. The summed E-state index contributed by atoms with van der Waals surface area (Å²) < 4.78 is 16.2. The number of hydrogen-bond donors (Lipinski definition) is 1. The number of nitro benzene ring substituents is 1. The highest BCUT2D eigenvalue weighted by molar-refractivity contribution is 5.82. The minimum atomic E-state index is -0.560. The average Bonchev–Trinajstić information content (AvgIpc) is 3.26. The van der Waals surface area contributed by atoms with E-state index in [0.29, 0.717) is 33.9 Å². The number of ether oxygens (including phenoxy) is 2. The Labute approximate surface area is 194 Å². The third kappa shape index (κ3) is 5.81. The number of benzene rings is 1. The minimum Gasteiger partial charge on any atom is -0.467 e. The number of rotatable bonds is 9. The van der Waals surface area contributed by atoms with Gasteiger partial charge in [-0.2, -0.15) is 10.4 Å². The van der Waals surface area contributed by atoms with Crippen molar-refractivity contribution >= 4 is 17.8 Å². The first-order valence-electron chi connectivity index (χ1n) is 10.0. The molecule has 0 bridgehead atoms. The number of aromatic nitrogens is 1. The summed E-state index contributed by atoms with van der Waals surface area (Å²) in [6.07, 6.45) is 1.31. The van der Waals surface area contributed by atoms with Crippen molar-refractivity contribution in [1.29, 1.82) is 5.26 Å². The summed E-state index contributed by atoms with van der Waals surface area (Å²) in [7, 11) is 1.51. The van der Waals surface area contributed by atoms with Crippen molar-refractivity contribution in [2.24, 2.45) is 5.10 Å². The Hall–Kier alpha value is -4.56. The van der Waals surface area contributed by atoms with Crippen molar-refractivity contribution < 1.29 is 23.6 Å². The third-order valence-corrected chi connectivity index (χ3v) is 4.64. The van der Waals surface area contributed by atoms with E-state index in [4.69, 9.17) is 13.9 Å². The summed E-state index contributed by atoms with van der Waals surface area (Å²) in [5.74, 6) is 0.354. The Balaban J connectivity index is 1.60. The first-order chi connectivity index (χ1) is 16.3. The lowest BCUT2D eigenvalue weighted by atomic mass is 10.1. The summed E-state index contributed by atoms with van der Waals surface area (Å²) in [6, 6.07) is 11.6. The number of hydrazone groups is 1. The Morgan fingerprint density at radius 2 is 2.12 bits per heavy atom. The first kappa shape index (κ1) is 24.1. The summed E-state index contributed by atoms with van der Waals surface area (Å²) >= 11 is 0.